The first-order valence-electron chi connectivity index (χ1n) is 5.92. The number of primary amides is 1. The molecule has 2 aromatic carbocycles. The number of carbonyl (C=O) groups is 2. The number of nitrogens with two attached hydrogens (primary N) is 1. The Balaban J connectivity index is 2.09. The van der Waals surface area contributed by atoms with Crippen molar-refractivity contribution in [2.24, 2.45) is 5.73 Å². The summed E-state index contributed by atoms with van der Waals surface area (Å²) in [5.41, 5.74) is 6.49. The Morgan fingerprint density at radius 3 is 2.30 bits per heavy atom. The summed E-state index contributed by atoms with van der Waals surface area (Å²) < 4.78 is 5.49. The standard InChI is InChI=1S/C15H13NO4/c16-14(17)11-7-5-10(6-8-11)9-20-13-4-2-1-3-12(13)15(18)19/h1-8H,9H2,(H2,16,17)(H,18,19). The van der Waals surface area contributed by atoms with Gasteiger partial charge in [0.15, 0.2) is 0 Å². The maximum absolute atomic E-state index is 11.0. The van der Waals surface area contributed by atoms with Crippen LogP contribution in [0.3, 0.4) is 0 Å². The maximum atomic E-state index is 11.0. The highest BCUT2D eigenvalue weighted by Crippen LogP contribution is 2.19. The molecule has 5 nitrogen and oxygen atoms in total. The summed E-state index contributed by atoms with van der Waals surface area (Å²) in [5.74, 6) is -1.22. The molecule has 0 unspecified atom stereocenters. The van der Waals surface area contributed by atoms with Gasteiger partial charge in [-0.05, 0) is 29.8 Å². The van der Waals surface area contributed by atoms with Gasteiger partial charge in [0.25, 0.3) is 0 Å². The number of amides is 1. The summed E-state index contributed by atoms with van der Waals surface area (Å²) in [7, 11) is 0. The third-order valence-electron chi connectivity index (χ3n) is 2.75. The molecule has 0 aliphatic carbocycles. The number of hydrogen-bond acceptors (Lipinski definition) is 3. The number of carbonyl (C=O) groups excluding carboxylic acids is 1. The van der Waals surface area contributed by atoms with Crippen LogP contribution in [0.2, 0.25) is 0 Å². The monoisotopic (exact) mass is 271 g/mol. The molecular formula is C15H13NO4. The molecule has 0 aromatic heterocycles. The molecule has 2 rings (SSSR count). The molecule has 0 aliphatic heterocycles. The maximum Gasteiger partial charge on any atom is 0.339 e. The molecule has 0 saturated carbocycles. The van der Waals surface area contributed by atoms with E-state index in [-0.39, 0.29) is 12.2 Å². The number of hydrogen-bond donors (Lipinski definition) is 2. The summed E-state index contributed by atoms with van der Waals surface area (Å²) in [4.78, 5) is 22.0. The second-order valence-electron chi connectivity index (χ2n) is 4.15. The zero-order chi connectivity index (χ0) is 14.5. The van der Waals surface area contributed by atoms with Gasteiger partial charge in [-0.3, -0.25) is 4.79 Å². The van der Waals surface area contributed by atoms with Crippen molar-refractivity contribution < 1.29 is 19.4 Å². The average molecular weight is 271 g/mol. The molecule has 0 saturated heterocycles. The van der Waals surface area contributed by atoms with Crippen LogP contribution in [0.5, 0.6) is 5.75 Å². The normalized spacial score (nSPS) is 10.0. The van der Waals surface area contributed by atoms with E-state index in [9.17, 15) is 9.59 Å². The quantitative estimate of drug-likeness (QED) is 0.871. The van der Waals surface area contributed by atoms with Crippen molar-refractivity contribution in [1.29, 1.82) is 0 Å². The van der Waals surface area contributed by atoms with Gasteiger partial charge in [0, 0.05) is 5.56 Å². The van der Waals surface area contributed by atoms with Gasteiger partial charge in [-0.15, -0.1) is 0 Å². The fourth-order valence-electron chi connectivity index (χ4n) is 1.70. The van der Waals surface area contributed by atoms with Crippen LogP contribution in [0.4, 0.5) is 0 Å². The molecule has 0 aliphatic rings. The van der Waals surface area contributed by atoms with E-state index in [1.165, 1.54) is 6.07 Å². The van der Waals surface area contributed by atoms with E-state index >= 15 is 0 Å². The summed E-state index contributed by atoms with van der Waals surface area (Å²) in [6, 6.07) is 13.0. The largest absolute Gasteiger partial charge is 0.488 e. The van der Waals surface area contributed by atoms with Crippen LogP contribution in [0.1, 0.15) is 26.3 Å². The number of carboxylic acids is 1. The van der Waals surface area contributed by atoms with Gasteiger partial charge >= 0.3 is 5.97 Å². The minimum Gasteiger partial charge on any atom is -0.488 e. The summed E-state index contributed by atoms with van der Waals surface area (Å²) in [5, 5.41) is 9.03. The molecule has 0 heterocycles. The van der Waals surface area contributed by atoms with E-state index < -0.39 is 11.9 Å². The second kappa shape index (κ2) is 5.88. The van der Waals surface area contributed by atoms with E-state index in [1.54, 1.807) is 42.5 Å². The van der Waals surface area contributed by atoms with Crippen LogP contribution in [-0.2, 0) is 6.61 Å². The number of benzene rings is 2. The highest BCUT2D eigenvalue weighted by Gasteiger charge is 2.10. The predicted molar refractivity (Wildman–Crippen MR) is 72.7 cm³/mol. The van der Waals surface area contributed by atoms with Gasteiger partial charge in [-0.1, -0.05) is 24.3 Å². The number of rotatable bonds is 5. The third-order valence-corrected chi connectivity index (χ3v) is 2.75. The minimum atomic E-state index is -1.04. The lowest BCUT2D eigenvalue weighted by atomic mass is 10.1. The topological polar surface area (TPSA) is 89.6 Å². The average Bonchev–Trinajstić information content (AvgIpc) is 2.45. The number of ether oxygens (including phenoxy) is 1. The van der Waals surface area contributed by atoms with Gasteiger partial charge in [0.2, 0.25) is 5.91 Å². The Bertz CT molecular complexity index is 635. The van der Waals surface area contributed by atoms with Gasteiger partial charge in [-0.2, -0.15) is 0 Å². The van der Waals surface area contributed by atoms with Crippen LogP contribution >= 0.6 is 0 Å². The molecule has 1 amide bonds. The van der Waals surface area contributed by atoms with Crippen molar-refractivity contribution in [2.45, 2.75) is 6.61 Å². The van der Waals surface area contributed by atoms with Crippen molar-refractivity contribution in [1.82, 2.24) is 0 Å². The van der Waals surface area contributed by atoms with Crippen molar-refractivity contribution in [3.05, 3.63) is 65.2 Å². The number of carboxylic acid groups (broad SMARTS) is 1. The fourth-order valence-corrected chi connectivity index (χ4v) is 1.70. The highest BCUT2D eigenvalue weighted by atomic mass is 16.5. The lowest BCUT2D eigenvalue weighted by molar-refractivity contribution is 0.0691. The van der Waals surface area contributed by atoms with E-state index in [4.69, 9.17) is 15.6 Å². The minimum absolute atomic E-state index is 0.112. The second-order valence-corrected chi connectivity index (χ2v) is 4.15. The Hall–Kier alpha value is -2.82. The van der Waals surface area contributed by atoms with Crippen LogP contribution in [0.25, 0.3) is 0 Å². The van der Waals surface area contributed by atoms with E-state index in [0.717, 1.165) is 5.56 Å². The molecule has 0 radical (unpaired) electrons. The van der Waals surface area contributed by atoms with E-state index in [2.05, 4.69) is 0 Å². The Morgan fingerprint density at radius 2 is 1.70 bits per heavy atom. The third kappa shape index (κ3) is 3.14. The summed E-state index contributed by atoms with van der Waals surface area (Å²) >= 11 is 0. The summed E-state index contributed by atoms with van der Waals surface area (Å²) in [6.07, 6.45) is 0. The summed E-state index contributed by atoms with van der Waals surface area (Å²) in [6.45, 7) is 0.212. The van der Waals surface area contributed by atoms with Crippen molar-refractivity contribution in [2.75, 3.05) is 0 Å². The van der Waals surface area contributed by atoms with Crippen LogP contribution in [-0.4, -0.2) is 17.0 Å². The fraction of sp³-hybridized carbons (Fsp3) is 0.0667. The molecule has 0 bridgehead atoms. The van der Waals surface area contributed by atoms with Crippen LogP contribution in [0, 0.1) is 0 Å². The highest BCUT2D eigenvalue weighted by molar-refractivity contribution is 5.92. The smallest absolute Gasteiger partial charge is 0.339 e. The van der Waals surface area contributed by atoms with Gasteiger partial charge in [0.1, 0.15) is 17.9 Å². The zero-order valence-corrected chi connectivity index (χ0v) is 10.6. The lowest BCUT2D eigenvalue weighted by Crippen LogP contribution is -2.10. The molecule has 3 N–H and O–H groups in total. The Morgan fingerprint density at radius 1 is 1.05 bits per heavy atom. The van der Waals surface area contributed by atoms with Crippen molar-refractivity contribution in [3.8, 4) is 5.75 Å². The molecule has 0 spiro atoms. The zero-order valence-electron chi connectivity index (χ0n) is 10.6. The molecule has 5 heteroatoms. The first kappa shape index (κ1) is 13.6. The number of aromatic carboxylic acids is 1. The van der Waals surface area contributed by atoms with Crippen molar-refractivity contribution >= 4 is 11.9 Å². The van der Waals surface area contributed by atoms with Gasteiger partial charge in [0.05, 0.1) is 0 Å². The van der Waals surface area contributed by atoms with E-state index in [1.807, 2.05) is 0 Å². The van der Waals surface area contributed by atoms with Gasteiger partial charge in [-0.25, -0.2) is 4.79 Å². The first-order valence-corrected chi connectivity index (χ1v) is 5.92. The molecule has 20 heavy (non-hydrogen) atoms. The molecule has 102 valence electrons. The van der Waals surface area contributed by atoms with Gasteiger partial charge < -0.3 is 15.6 Å². The van der Waals surface area contributed by atoms with Crippen LogP contribution < -0.4 is 10.5 Å². The first-order chi connectivity index (χ1) is 9.58. The number of para-hydroxylation sites is 1. The lowest BCUT2D eigenvalue weighted by Gasteiger charge is -2.09. The Labute approximate surface area is 115 Å². The molecular weight excluding hydrogens is 258 g/mol. The SMILES string of the molecule is NC(=O)c1ccc(COc2ccccc2C(=O)O)cc1. The van der Waals surface area contributed by atoms with Crippen LogP contribution in [0.15, 0.2) is 48.5 Å². The predicted octanol–water partition coefficient (Wildman–Crippen LogP) is 2.06. The van der Waals surface area contributed by atoms with Crippen molar-refractivity contribution in [3.63, 3.8) is 0 Å². The molecule has 2 aromatic rings. The molecule has 0 atom stereocenters. The van der Waals surface area contributed by atoms with E-state index in [0.29, 0.717) is 11.3 Å². The Kier molecular flexibility index (Phi) is 4.00. The molecule has 0 fully saturated rings.